The molecule has 1 aromatic carbocycles. The Balaban J connectivity index is 1.85. The fraction of sp³-hybridized carbons (Fsp3) is 0.588. The standard InChI is InChI=1S/C17H21ClN2/c1-16(2)12-6-7-17(16,3)15(9-12)20-14-5-4-11(10-19)8-13(14)18/h4-5,8,12,15,20H,6-7,9H2,1-3H3. The van der Waals surface area contributed by atoms with Gasteiger partial charge < -0.3 is 5.32 Å². The predicted octanol–water partition coefficient (Wildman–Crippen LogP) is 4.84. The van der Waals surface area contributed by atoms with Crippen LogP contribution in [0.4, 0.5) is 5.69 Å². The molecular formula is C17H21ClN2. The molecule has 0 spiro atoms. The molecule has 106 valence electrons. The molecule has 1 N–H and O–H groups in total. The number of benzene rings is 1. The van der Waals surface area contributed by atoms with Crippen LogP contribution in [0.3, 0.4) is 0 Å². The molecule has 0 aliphatic heterocycles. The molecule has 0 aromatic heterocycles. The molecule has 2 saturated carbocycles. The number of rotatable bonds is 2. The van der Waals surface area contributed by atoms with Gasteiger partial charge in [0.15, 0.2) is 0 Å². The lowest BCUT2D eigenvalue weighted by atomic mass is 9.69. The van der Waals surface area contributed by atoms with Crippen molar-refractivity contribution in [3.63, 3.8) is 0 Å². The minimum Gasteiger partial charge on any atom is -0.381 e. The van der Waals surface area contributed by atoms with Crippen molar-refractivity contribution < 1.29 is 0 Å². The minimum absolute atomic E-state index is 0.328. The van der Waals surface area contributed by atoms with E-state index in [2.05, 4.69) is 32.2 Å². The summed E-state index contributed by atoms with van der Waals surface area (Å²) in [6.07, 6.45) is 3.86. The summed E-state index contributed by atoms with van der Waals surface area (Å²) in [7, 11) is 0. The van der Waals surface area contributed by atoms with Crippen molar-refractivity contribution in [2.24, 2.45) is 16.7 Å². The summed E-state index contributed by atoms with van der Waals surface area (Å²) in [5.41, 5.74) is 2.29. The van der Waals surface area contributed by atoms with Crippen molar-refractivity contribution in [2.45, 2.75) is 46.1 Å². The van der Waals surface area contributed by atoms with Crippen LogP contribution in [0.15, 0.2) is 18.2 Å². The van der Waals surface area contributed by atoms with Gasteiger partial charge in [0.05, 0.1) is 22.3 Å². The van der Waals surface area contributed by atoms with E-state index in [0.717, 1.165) is 11.6 Å². The molecule has 0 amide bonds. The molecular weight excluding hydrogens is 268 g/mol. The molecule has 2 nitrogen and oxygen atoms in total. The van der Waals surface area contributed by atoms with Crippen LogP contribution in [0.2, 0.25) is 5.02 Å². The van der Waals surface area contributed by atoms with Gasteiger partial charge in [-0.05, 0) is 54.2 Å². The van der Waals surface area contributed by atoms with Crippen LogP contribution in [0.1, 0.15) is 45.6 Å². The number of fused-ring (bicyclic) bond motifs is 2. The number of nitrogens with one attached hydrogen (secondary N) is 1. The maximum atomic E-state index is 8.90. The van der Waals surface area contributed by atoms with Crippen LogP contribution < -0.4 is 5.32 Å². The summed E-state index contributed by atoms with van der Waals surface area (Å²) in [6, 6.07) is 8.10. The van der Waals surface area contributed by atoms with Gasteiger partial charge in [0, 0.05) is 6.04 Å². The van der Waals surface area contributed by atoms with Gasteiger partial charge in [0.2, 0.25) is 0 Å². The molecule has 2 aliphatic carbocycles. The Morgan fingerprint density at radius 1 is 1.35 bits per heavy atom. The average molecular weight is 289 g/mol. The third-order valence-electron chi connectivity index (χ3n) is 6.22. The second-order valence-corrected chi connectivity index (χ2v) is 7.52. The summed E-state index contributed by atoms with van der Waals surface area (Å²) < 4.78 is 0. The lowest BCUT2D eigenvalue weighted by Crippen LogP contribution is -2.40. The third-order valence-corrected chi connectivity index (χ3v) is 6.53. The average Bonchev–Trinajstić information content (AvgIpc) is 2.74. The normalized spacial score (nSPS) is 34.0. The van der Waals surface area contributed by atoms with Gasteiger partial charge in [0.1, 0.15) is 0 Å². The Hall–Kier alpha value is -1.20. The Labute approximate surface area is 126 Å². The zero-order valence-electron chi connectivity index (χ0n) is 12.3. The van der Waals surface area contributed by atoms with E-state index in [1.807, 2.05) is 12.1 Å². The molecule has 2 fully saturated rings. The van der Waals surface area contributed by atoms with E-state index in [-0.39, 0.29) is 0 Å². The topological polar surface area (TPSA) is 35.8 Å². The van der Waals surface area contributed by atoms with E-state index in [1.54, 1.807) is 6.07 Å². The number of nitrogens with zero attached hydrogens (tertiary/aromatic N) is 1. The SMILES string of the molecule is CC1(C)C2CCC1(C)C(Nc1ccc(C#N)cc1Cl)C2. The summed E-state index contributed by atoms with van der Waals surface area (Å²) in [5, 5.41) is 13.2. The number of hydrogen-bond donors (Lipinski definition) is 1. The van der Waals surface area contributed by atoms with Crippen molar-refractivity contribution >= 4 is 17.3 Å². The quantitative estimate of drug-likeness (QED) is 0.845. The smallest absolute Gasteiger partial charge is 0.0992 e. The van der Waals surface area contributed by atoms with Crippen LogP contribution >= 0.6 is 11.6 Å². The monoisotopic (exact) mass is 288 g/mol. The Morgan fingerprint density at radius 2 is 2.10 bits per heavy atom. The molecule has 3 atom stereocenters. The summed E-state index contributed by atoms with van der Waals surface area (Å²) in [5.74, 6) is 0.808. The Kier molecular flexibility index (Phi) is 3.03. The van der Waals surface area contributed by atoms with E-state index >= 15 is 0 Å². The molecule has 2 aliphatic rings. The van der Waals surface area contributed by atoms with Crippen LogP contribution in [0, 0.1) is 28.1 Å². The molecule has 3 rings (SSSR count). The number of halogens is 1. The van der Waals surface area contributed by atoms with Gasteiger partial charge in [-0.1, -0.05) is 32.4 Å². The van der Waals surface area contributed by atoms with E-state index in [4.69, 9.17) is 16.9 Å². The Bertz CT molecular complexity index is 587. The highest BCUT2D eigenvalue weighted by Gasteiger charge is 2.61. The molecule has 3 heteroatoms. The Morgan fingerprint density at radius 3 is 2.60 bits per heavy atom. The lowest BCUT2D eigenvalue weighted by molar-refractivity contribution is 0.142. The van der Waals surface area contributed by atoms with Gasteiger partial charge in [-0.2, -0.15) is 5.26 Å². The van der Waals surface area contributed by atoms with Crippen LogP contribution in [0.5, 0.6) is 0 Å². The van der Waals surface area contributed by atoms with Gasteiger partial charge >= 0.3 is 0 Å². The van der Waals surface area contributed by atoms with Gasteiger partial charge in [-0.15, -0.1) is 0 Å². The highest BCUT2D eigenvalue weighted by molar-refractivity contribution is 6.33. The van der Waals surface area contributed by atoms with Crippen molar-refractivity contribution in [2.75, 3.05) is 5.32 Å². The van der Waals surface area contributed by atoms with Crippen LogP contribution in [-0.4, -0.2) is 6.04 Å². The second kappa shape index (κ2) is 4.40. The molecule has 0 radical (unpaired) electrons. The first-order valence-electron chi connectivity index (χ1n) is 7.34. The molecule has 20 heavy (non-hydrogen) atoms. The van der Waals surface area contributed by atoms with Gasteiger partial charge in [0.25, 0.3) is 0 Å². The van der Waals surface area contributed by atoms with Crippen LogP contribution in [-0.2, 0) is 0 Å². The van der Waals surface area contributed by atoms with E-state index in [0.29, 0.717) is 27.5 Å². The molecule has 3 unspecified atom stereocenters. The second-order valence-electron chi connectivity index (χ2n) is 7.11. The van der Waals surface area contributed by atoms with Crippen molar-refractivity contribution in [1.82, 2.24) is 0 Å². The number of anilines is 1. The maximum absolute atomic E-state index is 8.90. The van der Waals surface area contributed by atoms with E-state index < -0.39 is 0 Å². The first-order chi connectivity index (χ1) is 9.38. The van der Waals surface area contributed by atoms with Gasteiger partial charge in [-0.3, -0.25) is 0 Å². The molecule has 0 saturated heterocycles. The van der Waals surface area contributed by atoms with E-state index in [1.165, 1.54) is 19.3 Å². The first-order valence-corrected chi connectivity index (χ1v) is 7.72. The molecule has 1 aromatic rings. The number of nitriles is 1. The lowest BCUT2D eigenvalue weighted by Gasteiger charge is -2.40. The maximum Gasteiger partial charge on any atom is 0.0992 e. The zero-order valence-corrected chi connectivity index (χ0v) is 13.1. The van der Waals surface area contributed by atoms with Crippen LogP contribution in [0.25, 0.3) is 0 Å². The predicted molar refractivity (Wildman–Crippen MR) is 82.8 cm³/mol. The summed E-state index contributed by atoms with van der Waals surface area (Å²) in [6.45, 7) is 7.23. The third kappa shape index (κ3) is 1.76. The fourth-order valence-electron chi connectivity index (χ4n) is 4.31. The first kappa shape index (κ1) is 13.8. The summed E-state index contributed by atoms with van der Waals surface area (Å²) >= 11 is 6.29. The highest BCUT2D eigenvalue weighted by Crippen LogP contribution is 2.65. The fourth-order valence-corrected chi connectivity index (χ4v) is 4.55. The zero-order chi connectivity index (χ0) is 14.5. The van der Waals surface area contributed by atoms with Crippen molar-refractivity contribution in [3.05, 3.63) is 28.8 Å². The minimum atomic E-state index is 0.328. The summed E-state index contributed by atoms with van der Waals surface area (Å²) in [4.78, 5) is 0. The van der Waals surface area contributed by atoms with E-state index in [9.17, 15) is 0 Å². The molecule has 0 heterocycles. The molecule has 2 bridgehead atoms. The highest BCUT2D eigenvalue weighted by atomic mass is 35.5. The largest absolute Gasteiger partial charge is 0.381 e. The van der Waals surface area contributed by atoms with Gasteiger partial charge in [-0.25, -0.2) is 0 Å². The van der Waals surface area contributed by atoms with Crippen molar-refractivity contribution in [3.8, 4) is 6.07 Å². The number of hydrogen-bond acceptors (Lipinski definition) is 2. The van der Waals surface area contributed by atoms with Crippen molar-refractivity contribution in [1.29, 1.82) is 5.26 Å².